The molecule has 4 heteroatoms. The third-order valence-electron chi connectivity index (χ3n) is 3.03. The molecule has 1 atom stereocenters. The predicted octanol–water partition coefficient (Wildman–Crippen LogP) is 1.19. The zero-order valence-electron chi connectivity index (χ0n) is 10.00. The number of carbonyl (C=O) groups is 2. The Bertz CT molecular complexity index is 249. The van der Waals surface area contributed by atoms with E-state index in [1.165, 1.54) is 12.8 Å². The van der Waals surface area contributed by atoms with Crippen LogP contribution in [-0.4, -0.2) is 18.4 Å². The van der Waals surface area contributed by atoms with E-state index in [0.717, 1.165) is 25.8 Å². The molecule has 1 saturated carbocycles. The Morgan fingerprint density at radius 1 is 1.44 bits per heavy atom. The lowest BCUT2D eigenvalue weighted by Gasteiger charge is -2.12. The van der Waals surface area contributed by atoms with Crippen molar-refractivity contribution in [2.24, 2.45) is 17.6 Å². The number of carbonyl (C=O) groups excluding carboxylic acids is 2. The summed E-state index contributed by atoms with van der Waals surface area (Å²) in [4.78, 5) is 22.7. The fraction of sp³-hybridized carbons (Fsp3) is 0.833. The van der Waals surface area contributed by atoms with Crippen LogP contribution in [0.15, 0.2) is 0 Å². The molecule has 16 heavy (non-hydrogen) atoms. The molecule has 2 amide bonds. The fourth-order valence-corrected chi connectivity index (χ4v) is 1.67. The Kier molecular flexibility index (Phi) is 5.29. The Hall–Kier alpha value is -1.06. The summed E-state index contributed by atoms with van der Waals surface area (Å²) in [5.41, 5.74) is 5.28. The van der Waals surface area contributed by atoms with Crippen LogP contribution in [0.25, 0.3) is 0 Å². The van der Waals surface area contributed by atoms with Crippen LogP contribution in [0.5, 0.6) is 0 Å². The van der Waals surface area contributed by atoms with E-state index in [0.29, 0.717) is 5.92 Å². The van der Waals surface area contributed by atoms with Gasteiger partial charge < -0.3 is 11.1 Å². The Labute approximate surface area is 97.0 Å². The quantitative estimate of drug-likeness (QED) is 0.652. The first-order valence-electron chi connectivity index (χ1n) is 6.19. The van der Waals surface area contributed by atoms with Gasteiger partial charge in [0, 0.05) is 18.9 Å². The Morgan fingerprint density at radius 2 is 2.12 bits per heavy atom. The first-order valence-corrected chi connectivity index (χ1v) is 6.19. The van der Waals surface area contributed by atoms with Gasteiger partial charge in [0.05, 0.1) is 0 Å². The minimum atomic E-state index is -0.352. The summed E-state index contributed by atoms with van der Waals surface area (Å²) in [6.45, 7) is 2.82. The van der Waals surface area contributed by atoms with Crippen molar-refractivity contribution in [2.45, 2.75) is 45.4 Å². The van der Waals surface area contributed by atoms with Gasteiger partial charge in [-0.25, -0.2) is 0 Å². The van der Waals surface area contributed by atoms with Gasteiger partial charge in [0.2, 0.25) is 11.8 Å². The summed E-state index contributed by atoms with van der Waals surface area (Å²) in [7, 11) is 0. The molecule has 92 valence electrons. The standard InChI is InChI=1S/C12H22N2O2/c1-2-3-4-10(12(13)16)7-11(15)14-8-9-5-6-9/h9-10H,2-8H2,1H3,(H2,13,16)(H,14,15). The van der Waals surface area contributed by atoms with E-state index >= 15 is 0 Å². The Morgan fingerprint density at radius 3 is 2.62 bits per heavy atom. The van der Waals surface area contributed by atoms with E-state index in [1.807, 2.05) is 0 Å². The number of hydrogen-bond acceptors (Lipinski definition) is 2. The minimum absolute atomic E-state index is 0.0354. The van der Waals surface area contributed by atoms with Crippen molar-refractivity contribution in [1.29, 1.82) is 0 Å². The van der Waals surface area contributed by atoms with Crippen molar-refractivity contribution < 1.29 is 9.59 Å². The third kappa shape index (κ3) is 5.14. The zero-order chi connectivity index (χ0) is 12.0. The van der Waals surface area contributed by atoms with E-state index < -0.39 is 0 Å². The number of nitrogens with two attached hydrogens (primary N) is 1. The fourth-order valence-electron chi connectivity index (χ4n) is 1.67. The largest absolute Gasteiger partial charge is 0.369 e. The zero-order valence-corrected chi connectivity index (χ0v) is 10.00. The maximum atomic E-state index is 11.5. The first kappa shape index (κ1) is 13.0. The molecule has 0 aromatic carbocycles. The molecule has 0 saturated heterocycles. The van der Waals surface area contributed by atoms with Gasteiger partial charge in [-0.05, 0) is 25.2 Å². The van der Waals surface area contributed by atoms with Crippen LogP contribution in [0.4, 0.5) is 0 Å². The van der Waals surface area contributed by atoms with Crippen LogP contribution >= 0.6 is 0 Å². The van der Waals surface area contributed by atoms with E-state index in [9.17, 15) is 9.59 Å². The summed E-state index contributed by atoms with van der Waals surface area (Å²) < 4.78 is 0. The molecule has 3 N–H and O–H groups in total. The number of nitrogens with one attached hydrogen (secondary N) is 1. The molecule has 0 radical (unpaired) electrons. The Balaban J connectivity index is 2.22. The molecule has 1 aliphatic carbocycles. The second-order valence-corrected chi connectivity index (χ2v) is 4.69. The minimum Gasteiger partial charge on any atom is -0.369 e. The summed E-state index contributed by atoms with van der Waals surface area (Å²) in [6, 6.07) is 0. The van der Waals surface area contributed by atoms with Gasteiger partial charge in [-0.3, -0.25) is 9.59 Å². The van der Waals surface area contributed by atoms with Crippen molar-refractivity contribution in [3.8, 4) is 0 Å². The molecule has 1 unspecified atom stereocenters. The van der Waals surface area contributed by atoms with Crippen LogP contribution in [0.2, 0.25) is 0 Å². The highest BCUT2D eigenvalue weighted by Crippen LogP contribution is 2.27. The van der Waals surface area contributed by atoms with Crippen molar-refractivity contribution in [3.05, 3.63) is 0 Å². The summed E-state index contributed by atoms with van der Waals surface area (Å²) >= 11 is 0. The van der Waals surface area contributed by atoms with Crippen molar-refractivity contribution in [1.82, 2.24) is 5.32 Å². The maximum absolute atomic E-state index is 11.5. The van der Waals surface area contributed by atoms with Gasteiger partial charge in [-0.2, -0.15) is 0 Å². The number of primary amides is 1. The SMILES string of the molecule is CCCCC(CC(=O)NCC1CC1)C(N)=O. The maximum Gasteiger partial charge on any atom is 0.221 e. The molecular weight excluding hydrogens is 204 g/mol. The molecule has 1 aliphatic rings. The van der Waals surface area contributed by atoms with Crippen LogP contribution in [0, 0.1) is 11.8 Å². The lowest BCUT2D eigenvalue weighted by molar-refractivity contribution is -0.128. The third-order valence-corrected chi connectivity index (χ3v) is 3.03. The lowest BCUT2D eigenvalue weighted by Crippen LogP contribution is -2.32. The molecular formula is C12H22N2O2. The van der Waals surface area contributed by atoms with Crippen molar-refractivity contribution >= 4 is 11.8 Å². The van der Waals surface area contributed by atoms with E-state index in [4.69, 9.17) is 5.73 Å². The van der Waals surface area contributed by atoms with Crippen LogP contribution in [-0.2, 0) is 9.59 Å². The smallest absolute Gasteiger partial charge is 0.221 e. The lowest BCUT2D eigenvalue weighted by atomic mass is 9.97. The molecule has 0 aliphatic heterocycles. The monoisotopic (exact) mass is 226 g/mol. The average Bonchev–Trinajstić information content (AvgIpc) is 3.04. The van der Waals surface area contributed by atoms with Gasteiger partial charge in [0.25, 0.3) is 0 Å². The van der Waals surface area contributed by atoms with E-state index in [-0.39, 0.29) is 24.2 Å². The summed E-state index contributed by atoms with van der Waals surface area (Å²) in [6.07, 6.45) is 5.38. The van der Waals surface area contributed by atoms with Crippen LogP contribution in [0.3, 0.4) is 0 Å². The van der Waals surface area contributed by atoms with Crippen molar-refractivity contribution in [2.75, 3.05) is 6.54 Å². The van der Waals surface area contributed by atoms with E-state index in [2.05, 4.69) is 12.2 Å². The number of hydrogen-bond donors (Lipinski definition) is 2. The van der Waals surface area contributed by atoms with Gasteiger partial charge in [-0.1, -0.05) is 19.8 Å². The van der Waals surface area contributed by atoms with Crippen LogP contribution in [0.1, 0.15) is 45.4 Å². The average molecular weight is 226 g/mol. The topological polar surface area (TPSA) is 72.2 Å². The second kappa shape index (κ2) is 6.51. The normalized spacial score (nSPS) is 16.8. The van der Waals surface area contributed by atoms with Crippen LogP contribution < -0.4 is 11.1 Å². The molecule has 0 aromatic rings. The molecule has 4 nitrogen and oxygen atoms in total. The van der Waals surface area contributed by atoms with Gasteiger partial charge in [0.1, 0.15) is 0 Å². The van der Waals surface area contributed by atoms with Gasteiger partial charge in [0.15, 0.2) is 0 Å². The molecule has 0 bridgehead atoms. The van der Waals surface area contributed by atoms with E-state index in [1.54, 1.807) is 0 Å². The molecule has 0 spiro atoms. The highest BCUT2D eigenvalue weighted by molar-refractivity contribution is 5.84. The highest BCUT2D eigenvalue weighted by atomic mass is 16.2. The molecule has 0 heterocycles. The number of unbranched alkanes of at least 4 members (excludes halogenated alkanes) is 1. The highest BCUT2D eigenvalue weighted by Gasteiger charge is 2.23. The summed E-state index contributed by atoms with van der Waals surface area (Å²) in [5.74, 6) is -0.00685. The van der Waals surface area contributed by atoms with Gasteiger partial charge >= 0.3 is 0 Å². The molecule has 1 fully saturated rings. The first-order chi connectivity index (χ1) is 7.63. The number of amides is 2. The molecule has 1 rings (SSSR count). The summed E-state index contributed by atoms with van der Waals surface area (Å²) in [5, 5.41) is 2.86. The second-order valence-electron chi connectivity index (χ2n) is 4.69. The number of rotatable bonds is 8. The van der Waals surface area contributed by atoms with Gasteiger partial charge in [-0.15, -0.1) is 0 Å². The predicted molar refractivity (Wildman–Crippen MR) is 62.6 cm³/mol. The van der Waals surface area contributed by atoms with Crippen molar-refractivity contribution in [3.63, 3.8) is 0 Å². The molecule has 0 aromatic heterocycles.